The van der Waals surface area contributed by atoms with Crippen molar-refractivity contribution in [3.8, 4) is 0 Å². The molecule has 17 heavy (non-hydrogen) atoms. The number of nitrogens with one attached hydrogen (secondary N) is 1. The number of aromatic nitrogens is 2. The molecular formula is C10H12BrN3O2S. The molecule has 0 aliphatic carbocycles. The molecule has 1 atom stereocenters. The lowest BCUT2D eigenvalue weighted by Gasteiger charge is -2.13. The number of hydrogen-bond acceptors (Lipinski definition) is 4. The molecule has 2 heterocycles. The van der Waals surface area contributed by atoms with Gasteiger partial charge in [0.25, 0.3) is 0 Å². The largest absolute Gasteiger partial charge is 0.293 e. The van der Waals surface area contributed by atoms with E-state index in [1.165, 1.54) is 18.7 Å². The van der Waals surface area contributed by atoms with Gasteiger partial charge in [-0.05, 0) is 22.9 Å². The molecule has 0 saturated carbocycles. The zero-order valence-electron chi connectivity index (χ0n) is 9.49. The van der Waals surface area contributed by atoms with Crippen molar-refractivity contribution in [3.63, 3.8) is 0 Å². The van der Waals surface area contributed by atoms with Gasteiger partial charge in [-0.3, -0.25) is 19.6 Å². The molecule has 1 unspecified atom stereocenters. The molecule has 0 aromatic carbocycles. The van der Waals surface area contributed by atoms with E-state index in [-0.39, 0.29) is 16.3 Å². The van der Waals surface area contributed by atoms with Crippen LogP contribution in [0.1, 0.15) is 19.0 Å². The van der Waals surface area contributed by atoms with Crippen LogP contribution < -0.4 is 4.90 Å². The highest BCUT2D eigenvalue weighted by atomic mass is 79.9. The van der Waals surface area contributed by atoms with Crippen LogP contribution in [0.15, 0.2) is 4.47 Å². The van der Waals surface area contributed by atoms with E-state index < -0.39 is 0 Å². The van der Waals surface area contributed by atoms with Gasteiger partial charge in [-0.15, -0.1) is 0 Å². The molecule has 2 rings (SSSR count). The Balaban J connectivity index is 2.16. The minimum absolute atomic E-state index is 0.0101. The Hall–Kier alpha value is -0.820. The minimum atomic E-state index is 0.0101. The molecule has 1 fully saturated rings. The van der Waals surface area contributed by atoms with Crippen LogP contribution in [-0.2, 0) is 9.59 Å². The van der Waals surface area contributed by atoms with Crippen molar-refractivity contribution < 1.29 is 9.59 Å². The number of hydrogen-bond donors (Lipinski definition) is 1. The Labute approximate surface area is 111 Å². The lowest BCUT2D eigenvalue weighted by molar-refractivity contribution is -0.117. The molecule has 7 heteroatoms. The summed E-state index contributed by atoms with van der Waals surface area (Å²) in [6.45, 7) is 3.93. The number of amides is 1. The van der Waals surface area contributed by atoms with Crippen molar-refractivity contribution in [2.45, 2.75) is 25.5 Å². The van der Waals surface area contributed by atoms with Crippen molar-refractivity contribution in [1.82, 2.24) is 10.2 Å². The molecule has 1 aromatic heterocycles. The van der Waals surface area contributed by atoms with Crippen LogP contribution in [0.5, 0.6) is 0 Å². The summed E-state index contributed by atoms with van der Waals surface area (Å²) in [7, 11) is 0. The van der Waals surface area contributed by atoms with Gasteiger partial charge in [0, 0.05) is 30.8 Å². The fraction of sp³-hybridized carbons (Fsp3) is 0.500. The maximum atomic E-state index is 11.9. The number of rotatable bonds is 2. The number of aromatic amines is 1. The summed E-state index contributed by atoms with van der Waals surface area (Å²) in [6.07, 6.45) is 0.391. The molecule has 0 radical (unpaired) electrons. The number of nitrogens with zero attached hydrogens (tertiary/aromatic N) is 2. The van der Waals surface area contributed by atoms with Gasteiger partial charge in [0.05, 0.1) is 4.47 Å². The number of halogens is 1. The van der Waals surface area contributed by atoms with Gasteiger partial charge in [0.15, 0.2) is 10.9 Å². The molecule has 1 amide bonds. The summed E-state index contributed by atoms with van der Waals surface area (Å²) < 4.78 is 0.805. The zero-order valence-corrected chi connectivity index (χ0v) is 11.9. The molecule has 0 spiro atoms. The predicted octanol–water partition coefficient (Wildman–Crippen LogP) is 1.87. The lowest BCUT2D eigenvalue weighted by atomic mass is 10.4. The molecule has 1 saturated heterocycles. The quantitative estimate of drug-likeness (QED) is 0.904. The molecule has 1 aliphatic heterocycles. The van der Waals surface area contributed by atoms with Gasteiger partial charge in [-0.1, -0.05) is 11.8 Å². The van der Waals surface area contributed by atoms with Crippen molar-refractivity contribution >= 4 is 44.5 Å². The van der Waals surface area contributed by atoms with Gasteiger partial charge in [0.1, 0.15) is 0 Å². The van der Waals surface area contributed by atoms with Crippen LogP contribution in [0, 0.1) is 6.92 Å². The standard InChI is InChI=1S/C10H12BrN3O2S/c1-5-9(11)10(13-12-5)14-4-7(3-8(14)16)17-6(2)15/h7H,3-4H2,1-2H3,(H,12,13). The van der Waals surface area contributed by atoms with E-state index in [1.807, 2.05) is 6.92 Å². The van der Waals surface area contributed by atoms with Crippen molar-refractivity contribution in [2.24, 2.45) is 0 Å². The van der Waals surface area contributed by atoms with Gasteiger partial charge in [0.2, 0.25) is 5.91 Å². The first-order valence-electron chi connectivity index (χ1n) is 5.17. The number of carbonyl (C=O) groups is 2. The van der Waals surface area contributed by atoms with Crippen molar-refractivity contribution in [3.05, 3.63) is 10.2 Å². The highest BCUT2D eigenvalue weighted by molar-refractivity contribution is 9.10. The maximum absolute atomic E-state index is 11.9. The summed E-state index contributed by atoms with van der Waals surface area (Å²) in [5, 5.41) is 7.00. The van der Waals surface area contributed by atoms with Crippen LogP contribution in [-0.4, -0.2) is 33.0 Å². The SMILES string of the molecule is CC(=O)SC1CC(=O)N(c2n[nH]c(C)c2Br)C1. The van der Waals surface area contributed by atoms with Crippen LogP contribution in [0.2, 0.25) is 0 Å². The highest BCUT2D eigenvalue weighted by Gasteiger charge is 2.34. The van der Waals surface area contributed by atoms with Gasteiger partial charge in [-0.25, -0.2) is 0 Å². The zero-order chi connectivity index (χ0) is 12.6. The van der Waals surface area contributed by atoms with E-state index in [9.17, 15) is 9.59 Å². The number of anilines is 1. The lowest BCUT2D eigenvalue weighted by Crippen LogP contribution is -2.25. The van der Waals surface area contributed by atoms with Crippen molar-refractivity contribution in [2.75, 3.05) is 11.4 Å². The highest BCUT2D eigenvalue weighted by Crippen LogP contribution is 2.32. The summed E-state index contributed by atoms with van der Waals surface area (Å²) in [6, 6.07) is 0. The van der Waals surface area contributed by atoms with Gasteiger partial charge in [-0.2, -0.15) is 5.10 Å². The van der Waals surface area contributed by atoms with Crippen LogP contribution >= 0.6 is 27.7 Å². The Morgan fingerprint density at radius 3 is 2.88 bits per heavy atom. The smallest absolute Gasteiger partial charge is 0.229 e. The van der Waals surface area contributed by atoms with E-state index in [1.54, 1.807) is 4.90 Å². The fourth-order valence-electron chi connectivity index (χ4n) is 1.77. The van der Waals surface area contributed by atoms with Crippen LogP contribution in [0.4, 0.5) is 5.82 Å². The second kappa shape index (κ2) is 4.81. The summed E-state index contributed by atoms with van der Waals surface area (Å²) in [5.74, 6) is 0.620. The van der Waals surface area contributed by atoms with Gasteiger partial charge < -0.3 is 0 Å². The summed E-state index contributed by atoms with van der Waals surface area (Å²) in [4.78, 5) is 24.5. The van der Waals surface area contributed by atoms with E-state index >= 15 is 0 Å². The third-order valence-corrected chi connectivity index (χ3v) is 4.46. The first-order chi connectivity index (χ1) is 7.99. The summed E-state index contributed by atoms with van der Waals surface area (Å²) in [5.41, 5.74) is 0.885. The molecular weight excluding hydrogens is 306 g/mol. The number of thioether (sulfide) groups is 1. The molecule has 1 aliphatic rings. The Morgan fingerprint density at radius 2 is 2.35 bits per heavy atom. The molecule has 0 bridgehead atoms. The normalized spacial score (nSPS) is 20.1. The first-order valence-corrected chi connectivity index (χ1v) is 6.84. The molecule has 1 N–H and O–H groups in total. The number of carbonyl (C=O) groups excluding carboxylic acids is 2. The first kappa shape index (κ1) is 12.6. The van der Waals surface area contributed by atoms with E-state index in [0.717, 1.165) is 10.2 Å². The average Bonchev–Trinajstić information content (AvgIpc) is 2.72. The molecule has 5 nitrogen and oxygen atoms in total. The topological polar surface area (TPSA) is 66.1 Å². The third-order valence-electron chi connectivity index (χ3n) is 2.53. The predicted molar refractivity (Wildman–Crippen MR) is 70.1 cm³/mol. The Bertz CT molecular complexity index is 474. The third kappa shape index (κ3) is 2.55. The molecule has 92 valence electrons. The van der Waals surface area contributed by atoms with E-state index in [0.29, 0.717) is 18.8 Å². The monoisotopic (exact) mass is 317 g/mol. The van der Waals surface area contributed by atoms with Gasteiger partial charge >= 0.3 is 0 Å². The van der Waals surface area contributed by atoms with Crippen molar-refractivity contribution in [1.29, 1.82) is 0 Å². The fourth-order valence-corrected chi connectivity index (χ4v) is 3.08. The maximum Gasteiger partial charge on any atom is 0.229 e. The average molecular weight is 318 g/mol. The summed E-state index contributed by atoms with van der Waals surface area (Å²) >= 11 is 4.62. The second-order valence-electron chi connectivity index (χ2n) is 3.93. The number of aryl methyl sites for hydroxylation is 1. The Morgan fingerprint density at radius 1 is 1.65 bits per heavy atom. The second-order valence-corrected chi connectivity index (χ2v) is 6.20. The number of H-pyrrole nitrogens is 1. The Kier molecular flexibility index (Phi) is 3.58. The van der Waals surface area contributed by atoms with Crippen LogP contribution in [0.3, 0.4) is 0 Å². The van der Waals surface area contributed by atoms with E-state index in [2.05, 4.69) is 26.1 Å². The minimum Gasteiger partial charge on any atom is -0.293 e. The van der Waals surface area contributed by atoms with Crippen LogP contribution in [0.25, 0.3) is 0 Å². The molecule has 1 aromatic rings. The van der Waals surface area contributed by atoms with E-state index in [4.69, 9.17) is 0 Å².